The van der Waals surface area contributed by atoms with Crippen LogP contribution in [0.2, 0.25) is 0 Å². The Hall–Kier alpha value is -2.45. The monoisotopic (exact) mass is 333 g/mol. The lowest BCUT2D eigenvalue weighted by atomic mass is 9.93. The molecule has 130 valence electrons. The first-order valence-electron chi connectivity index (χ1n) is 8.87. The summed E-state index contributed by atoms with van der Waals surface area (Å²) in [4.78, 5) is 4.62. The molecule has 1 aromatic heterocycles. The molecule has 0 spiro atoms. The zero-order valence-electron chi connectivity index (χ0n) is 15.4. The number of nitrogens with zero attached hydrogens (tertiary/aromatic N) is 1. The molecule has 0 N–H and O–H groups in total. The van der Waals surface area contributed by atoms with Crippen molar-refractivity contribution in [2.24, 2.45) is 0 Å². The van der Waals surface area contributed by atoms with Crippen molar-refractivity contribution in [2.45, 2.75) is 32.8 Å². The van der Waals surface area contributed by atoms with E-state index in [0.717, 1.165) is 29.9 Å². The average molecular weight is 333 g/mol. The van der Waals surface area contributed by atoms with Crippen LogP contribution >= 0.6 is 0 Å². The Morgan fingerprint density at radius 3 is 2.40 bits per heavy atom. The third-order valence-electron chi connectivity index (χ3n) is 4.11. The lowest BCUT2D eigenvalue weighted by Gasteiger charge is -2.13. The number of allylic oxidation sites excluding steroid dienone is 3. The van der Waals surface area contributed by atoms with Crippen LogP contribution in [0.1, 0.15) is 26.5 Å². The summed E-state index contributed by atoms with van der Waals surface area (Å²) < 4.78 is 5.75. The molecule has 2 heterocycles. The third kappa shape index (κ3) is 4.77. The normalized spacial score (nSPS) is 19.2. The first-order valence-corrected chi connectivity index (χ1v) is 8.87. The number of epoxide rings is 1. The molecule has 3 rings (SSSR count). The Morgan fingerprint density at radius 2 is 1.88 bits per heavy atom. The number of benzene rings is 1. The standard InChI is InChI=1S/C21H21NO.C2H6/c1-3-5-11-19(4-2)21(16-23-21)14-20-13-12-18(15-22-20)17-9-7-6-8-10-17;1-2/h3-13,15H,2,14,16H2,1H3;1-2H3/b5-3-,19-11+;. The van der Waals surface area contributed by atoms with Gasteiger partial charge in [0.05, 0.1) is 6.61 Å². The highest BCUT2D eigenvalue weighted by Crippen LogP contribution is 2.39. The molecule has 1 saturated heterocycles. The summed E-state index contributed by atoms with van der Waals surface area (Å²) in [5.74, 6) is 0. The molecule has 2 aromatic rings. The molecule has 2 nitrogen and oxygen atoms in total. The van der Waals surface area contributed by atoms with E-state index in [9.17, 15) is 0 Å². The molecule has 2 heteroatoms. The van der Waals surface area contributed by atoms with Crippen molar-refractivity contribution in [3.63, 3.8) is 0 Å². The average Bonchev–Trinajstić information content (AvgIpc) is 3.46. The van der Waals surface area contributed by atoms with Crippen LogP contribution in [0.3, 0.4) is 0 Å². The number of pyridine rings is 1. The van der Waals surface area contributed by atoms with Crippen LogP contribution in [-0.4, -0.2) is 17.2 Å². The van der Waals surface area contributed by atoms with Gasteiger partial charge in [-0.25, -0.2) is 0 Å². The molecule has 25 heavy (non-hydrogen) atoms. The second-order valence-corrected chi connectivity index (χ2v) is 5.72. The Labute approximate surface area is 151 Å². The second kappa shape index (κ2) is 9.14. The van der Waals surface area contributed by atoms with Crippen molar-refractivity contribution in [3.8, 4) is 11.1 Å². The van der Waals surface area contributed by atoms with Crippen LogP contribution in [0.25, 0.3) is 11.1 Å². The molecule has 1 aliphatic heterocycles. The summed E-state index contributed by atoms with van der Waals surface area (Å²) in [6.07, 6.45) is 10.7. The van der Waals surface area contributed by atoms with Crippen LogP contribution in [0.15, 0.2) is 85.1 Å². The van der Waals surface area contributed by atoms with E-state index in [1.54, 1.807) is 0 Å². The second-order valence-electron chi connectivity index (χ2n) is 5.72. The zero-order valence-corrected chi connectivity index (χ0v) is 15.4. The number of ether oxygens (including phenoxy) is 1. The van der Waals surface area contributed by atoms with Crippen LogP contribution in [0.5, 0.6) is 0 Å². The van der Waals surface area contributed by atoms with E-state index in [0.29, 0.717) is 0 Å². The van der Waals surface area contributed by atoms with Gasteiger partial charge in [0, 0.05) is 23.9 Å². The summed E-state index contributed by atoms with van der Waals surface area (Å²) in [6, 6.07) is 14.5. The van der Waals surface area contributed by atoms with Gasteiger partial charge in [-0.2, -0.15) is 0 Å². The zero-order chi connectivity index (χ0) is 18.1. The van der Waals surface area contributed by atoms with Gasteiger partial charge in [-0.3, -0.25) is 4.98 Å². The van der Waals surface area contributed by atoms with Crippen molar-refractivity contribution in [3.05, 3.63) is 90.8 Å². The van der Waals surface area contributed by atoms with Gasteiger partial charge in [0.25, 0.3) is 0 Å². The molecule has 0 aliphatic carbocycles. The minimum absolute atomic E-state index is 0.247. The number of aromatic nitrogens is 1. The van der Waals surface area contributed by atoms with Crippen molar-refractivity contribution in [1.82, 2.24) is 4.98 Å². The van der Waals surface area contributed by atoms with Gasteiger partial charge in [-0.15, -0.1) is 0 Å². The SMILES string of the molecule is C=C/C(=C\C=C/C)C1(Cc2ccc(-c3ccccc3)cn2)CO1.CC. The first kappa shape index (κ1) is 18.9. The highest BCUT2D eigenvalue weighted by atomic mass is 16.6. The van der Waals surface area contributed by atoms with Gasteiger partial charge >= 0.3 is 0 Å². The van der Waals surface area contributed by atoms with Gasteiger partial charge in [0.15, 0.2) is 0 Å². The quantitative estimate of drug-likeness (QED) is 0.495. The Morgan fingerprint density at radius 1 is 1.16 bits per heavy atom. The molecule has 0 saturated carbocycles. The predicted octanol–water partition coefficient (Wildman–Crippen LogP) is 5.77. The molecule has 1 aromatic carbocycles. The predicted molar refractivity (Wildman–Crippen MR) is 107 cm³/mol. The van der Waals surface area contributed by atoms with Gasteiger partial charge in [-0.05, 0) is 24.1 Å². The lowest BCUT2D eigenvalue weighted by Crippen LogP contribution is -2.18. The van der Waals surface area contributed by atoms with Gasteiger partial charge in [0.2, 0.25) is 0 Å². The molecule has 1 aliphatic rings. The van der Waals surface area contributed by atoms with Crippen molar-refractivity contribution in [2.75, 3.05) is 6.61 Å². The van der Waals surface area contributed by atoms with Crippen LogP contribution < -0.4 is 0 Å². The van der Waals surface area contributed by atoms with Crippen molar-refractivity contribution < 1.29 is 4.74 Å². The molecule has 1 unspecified atom stereocenters. The Kier molecular flexibility index (Phi) is 6.91. The molecule has 0 bridgehead atoms. The number of hydrogen-bond donors (Lipinski definition) is 0. The molecule has 0 radical (unpaired) electrons. The summed E-state index contributed by atoms with van der Waals surface area (Å²) >= 11 is 0. The van der Waals surface area contributed by atoms with Gasteiger partial charge < -0.3 is 4.74 Å². The summed E-state index contributed by atoms with van der Waals surface area (Å²) in [7, 11) is 0. The highest BCUT2D eigenvalue weighted by molar-refractivity contribution is 5.62. The van der Waals surface area contributed by atoms with Crippen molar-refractivity contribution >= 4 is 0 Å². The molecular weight excluding hydrogens is 306 g/mol. The van der Waals surface area contributed by atoms with Crippen LogP contribution in [0, 0.1) is 0 Å². The maximum Gasteiger partial charge on any atom is 0.122 e. The first-order chi connectivity index (χ1) is 12.3. The van der Waals surface area contributed by atoms with E-state index < -0.39 is 0 Å². The Balaban J connectivity index is 0.00000109. The number of hydrogen-bond acceptors (Lipinski definition) is 2. The van der Waals surface area contributed by atoms with Crippen molar-refractivity contribution in [1.29, 1.82) is 0 Å². The molecule has 1 fully saturated rings. The molecular formula is C23H27NO. The largest absolute Gasteiger partial charge is 0.364 e. The van der Waals surface area contributed by atoms with E-state index in [1.807, 2.05) is 63.4 Å². The van der Waals surface area contributed by atoms with E-state index in [-0.39, 0.29) is 5.60 Å². The lowest BCUT2D eigenvalue weighted by molar-refractivity contribution is 0.339. The summed E-state index contributed by atoms with van der Waals surface area (Å²) in [5, 5.41) is 0. The maximum atomic E-state index is 5.75. The smallest absolute Gasteiger partial charge is 0.122 e. The number of rotatable bonds is 6. The van der Waals surface area contributed by atoms with E-state index in [4.69, 9.17) is 4.74 Å². The fourth-order valence-electron chi connectivity index (χ4n) is 2.69. The van der Waals surface area contributed by atoms with Gasteiger partial charge in [-0.1, -0.05) is 81.1 Å². The Bertz CT molecular complexity index is 722. The van der Waals surface area contributed by atoms with Gasteiger partial charge in [0.1, 0.15) is 5.60 Å². The minimum Gasteiger partial charge on any atom is -0.364 e. The fourth-order valence-corrected chi connectivity index (χ4v) is 2.69. The third-order valence-corrected chi connectivity index (χ3v) is 4.11. The van der Waals surface area contributed by atoms with E-state index in [2.05, 4.69) is 41.9 Å². The maximum absolute atomic E-state index is 5.75. The summed E-state index contributed by atoms with van der Waals surface area (Å²) in [5.41, 5.74) is 4.22. The van der Waals surface area contributed by atoms with E-state index in [1.165, 1.54) is 5.56 Å². The fraction of sp³-hybridized carbons (Fsp3) is 0.261. The molecule has 0 amide bonds. The van der Waals surface area contributed by atoms with Crippen LogP contribution in [-0.2, 0) is 11.2 Å². The highest BCUT2D eigenvalue weighted by Gasteiger charge is 2.47. The van der Waals surface area contributed by atoms with E-state index >= 15 is 0 Å². The molecule has 1 atom stereocenters. The van der Waals surface area contributed by atoms with Crippen LogP contribution in [0.4, 0.5) is 0 Å². The summed E-state index contributed by atoms with van der Waals surface area (Å²) in [6.45, 7) is 10.6. The minimum atomic E-state index is -0.247. The topological polar surface area (TPSA) is 25.4 Å².